The molecule has 134 valence electrons. The van der Waals surface area contributed by atoms with Gasteiger partial charge in [-0.05, 0) is 37.0 Å². The molecule has 25 heavy (non-hydrogen) atoms. The van der Waals surface area contributed by atoms with Gasteiger partial charge in [0.1, 0.15) is 5.82 Å². The lowest BCUT2D eigenvalue weighted by Gasteiger charge is -2.23. The number of aliphatic hydroxyl groups excluding tert-OH is 1. The van der Waals surface area contributed by atoms with Gasteiger partial charge in [-0.25, -0.2) is 4.39 Å². The van der Waals surface area contributed by atoms with Crippen molar-refractivity contribution in [1.82, 2.24) is 20.4 Å². The Morgan fingerprint density at radius 2 is 2.16 bits per heavy atom. The second kappa shape index (κ2) is 7.76. The molecule has 2 aromatic rings. The van der Waals surface area contributed by atoms with E-state index in [1.54, 1.807) is 16.8 Å². The molecule has 0 saturated heterocycles. The summed E-state index contributed by atoms with van der Waals surface area (Å²) in [6.45, 7) is 0.977. The summed E-state index contributed by atoms with van der Waals surface area (Å²) in [4.78, 5) is 12.6. The summed E-state index contributed by atoms with van der Waals surface area (Å²) in [5.41, 5.74) is 3.35. The molecule has 1 aromatic heterocycles. The molecule has 1 atom stereocenters. The number of rotatable bonds is 6. The first-order valence-corrected chi connectivity index (χ1v) is 8.50. The number of amides is 1. The van der Waals surface area contributed by atoms with Gasteiger partial charge in [0.05, 0.1) is 6.61 Å². The SMILES string of the molecule is Cn1nc(C(=O)NCc2ccc(F)cc2)c2c1CC[C@H](NCCO)C2. The summed E-state index contributed by atoms with van der Waals surface area (Å²) in [7, 11) is 1.86. The molecule has 0 radical (unpaired) electrons. The van der Waals surface area contributed by atoms with Crippen LogP contribution in [0.4, 0.5) is 4.39 Å². The molecule has 0 bridgehead atoms. The van der Waals surface area contributed by atoms with Gasteiger partial charge < -0.3 is 15.7 Å². The lowest BCUT2D eigenvalue weighted by atomic mass is 9.91. The number of hydrogen-bond donors (Lipinski definition) is 3. The fourth-order valence-corrected chi connectivity index (χ4v) is 3.28. The maximum absolute atomic E-state index is 12.9. The van der Waals surface area contributed by atoms with E-state index in [9.17, 15) is 9.18 Å². The van der Waals surface area contributed by atoms with Gasteiger partial charge in [0.25, 0.3) is 5.91 Å². The van der Waals surface area contributed by atoms with Crippen LogP contribution < -0.4 is 10.6 Å². The number of halogens is 1. The van der Waals surface area contributed by atoms with Crippen LogP contribution in [0.1, 0.15) is 33.7 Å². The normalized spacial score (nSPS) is 16.5. The van der Waals surface area contributed by atoms with Crippen LogP contribution >= 0.6 is 0 Å². The molecule has 3 N–H and O–H groups in total. The Morgan fingerprint density at radius 3 is 2.88 bits per heavy atom. The molecule has 0 spiro atoms. The molecule has 0 fully saturated rings. The minimum atomic E-state index is -0.296. The van der Waals surface area contributed by atoms with Gasteiger partial charge in [-0.15, -0.1) is 0 Å². The summed E-state index contributed by atoms with van der Waals surface area (Å²) in [5.74, 6) is -0.515. The Balaban J connectivity index is 1.69. The zero-order valence-corrected chi connectivity index (χ0v) is 14.3. The molecular weight excluding hydrogens is 323 g/mol. The summed E-state index contributed by atoms with van der Waals surface area (Å²) < 4.78 is 14.7. The van der Waals surface area contributed by atoms with E-state index in [1.165, 1.54) is 12.1 Å². The smallest absolute Gasteiger partial charge is 0.272 e. The van der Waals surface area contributed by atoms with Gasteiger partial charge in [-0.2, -0.15) is 5.10 Å². The maximum Gasteiger partial charge on any atom is 0.272 e. The molecule has 7 heteroatoms. The maximum atomic E-state index is 12.9. The quantitative estimate of drug-likeness (QED) is 0.727. The van der Waals surface area contributed by atoms with E-state index in [0.717, 1.165) is 36.1 Å². The molecule has 1 aromatic carbocycles. The van der Waals surface area contributed by atoms with E-state index in [1.807, 2.05) is 7.05 Å². The van der Waals surface area contributed by atoms with Crippen molar-refractivity contribution >= 4 is 5.91 Å². The van der Waals surface area contributed by atoms with E-state index in [4.69, 9.17) is 5.11 Å². The van der Waals surface area contributed by atoms with Crippen molar-refractivity contribution in [2.24, 2.45) is 7.05 Å². The molecule has 0 aliphatic heterocycles. The monoisotopic (exact) mass is 346 g/mol. The average molecular weight is 346 g/mol. The highest BCUT2D eigenvalue weighted by Gasteiger charge is 2.27. The fraction of sp³-hybridized carbons (Fsp3) is 0.444. The molecule has 3 rings (SSSR count). The standard InChI is InChI=1S/C18H23FN4O2/c1-23-16-7-6-14(20-8-9-24)10-15(16)17(22-23)18(25)21-11-12-2-4-13(19)5-3-12/h2-5,14,20,24H,6-11H2,1H3,(H,21,25)/t14-/m0/s1. The van der Waals surface area contributed by atoms with Crippen LogP contribution in [0.2, 0.25) is 0 Å². The van der Waals surface area contributed by atoms with Crippen LogP contribution in [-0.4, -0.2) is 40.0 Å². The number of benzene rings is 1. The van der Waals surface area contributed by atoms with Gasteiger partial charge in [0.15, 0.2) is 5.69 Å². The van der Waals surface area contributed by atoms with E-state index in [2.05, 4.69) is 15.7 Å². The lowest BCUT2D eigenvalue weighted by Crippen LogP contribution is -2.37. The van der Waals surface area contributed by atoms with E-state index >= 15 is 0 Å². The molecular formula is C18H23FN4O2. The third-order valence-electron chi connectivity index (χ3n) is 4.58. The number of nitrogens with one attached hydrogen (secondary N) is 2. The van der Waals surface area contributed by atoms with Gasteiger partial charge in [0, 0.05) is 37.4 Å². The number of carbonyl (C=O) groups excluding carboxylic acids is 1. The fourth-order valence-electron chi connectivity index (χ4n) is 3.28. The Bertz CT molecular complexity index is 742. The van der Waals surface area contributed by atoms with Crippen LogP contribution in [0.25, 0.3) is 0 Å². The lowest BCUT2D eigenvalue weighted by molar-refractivity contribution is 0.0944. The Kier molecular flexibility index (Phi) is 5.45. The topological polar surface area (TPSA) is 79.2 Å². The zero-order valence-electron chi connectivity index (χ0n) is 14.3. The minimum Gasteiger partial charge on any atom is -0.395 e. The van der Waals surface area contributed by atoms with E-state index in [-0.39, 0.29) is 24.4 Å². The van der Waals surface area contributed by atoms with Crippen LogP contribution in [0.5, 0.6) is 0 Å². The number of aromatic nitrogens is 2. The first-order valence-electron chi connectivity index (χ1n) is 8.50. The van der Waals surface area contributed by atoms with E-state index < -0.39 is 0 Å². The van der Waals surface area contributed by atoms with Crippen molar-refractivity contribution in [2.75, 3.05) is 13.2 Å². The highest BCUT2D eigenvalue weighted by Crippen LogP contribution is 2.24. The molecule has 1 amide bonds. The number of hydrogen-bond acceptors (Lipinski definition) is 4. The van der Waals surface area contributed by atoms with Crippen molar-refractivity contribution in [1.29, 1.82) is 0 Å². The third kappa shape index (κ3) is 4.05. The van der Waals surface area contributed by atoms with Crippen molar-refractivity contribution in [3.05, 3.63) is 52.6 Å². The molecule has 0 unspecified atom stereocenters. The highest BCUT2D eigenvalue weighted by atomic mass is 19.1. The third-order valence-corrected chi connectivity index (χ3v) is 4.58. The number of carbonyl (C=O) groups is 1. The summed E-state index contributed by atoms with van der Waals surface area (Å²) >= 11 is 0. The predicted octanol–water partition coefficient (Wildman–Crippen LogP) is 0.928. The van der Waals surface area contributed by atoms with Gasteiger partial charge >= 0.3 is 0 Å². The van der Waals surface area contributed by atoms with Crippen LogP contribution in [0.15, 0.2) is 24.3 Å². The largest absolute Gasteiger partial charge is 0.395 e. The first kappa shape index (κ1) is 17.6. The number of fused-ring (bicyclic) bond motifs is 1. The Hall–Kier alpha value is -2.25. The summed E-state index contributed by atoms with van der Waals surface area (Å²) in [6, 6.07) is 6.30. The molecule has 1 aliphatic rings. The number of aryl methyl sites for hydroxylation is 1. The second-order valence-electron chi connectivity index (χ2n) is 6.32. The molecule has 1 heterocycles. The average Bonchev–Trinajstić information content (AvgIpc) is 2.95. The van der Waals surface area contributed by atoms with Crippen molar-refractivity contribution in [2.45, 2.75) is 31.8 Å². The van der Waals surface area contributed by atoms with Gasteiger partial charge in [-0.3, -0.25) is 9.48 Å². The molecule has 1 aliphatic carbocycles. The van der Waals surface area contributed by atoms with Crippen LogP contribution in [0.3, 0.4) is 0 Å². The zero-order chi connectivity index (χ0) is 17.8. The van der Waals surface area contributed by atoms with Gasteiger partial charge in [0.2, 0.25) is 0 Å². The summed E-state index contributed by atoms with van der Waals surface area (Å²) in [5, 5.41) is 19.5. The van der Waals surface area contributed by atoms with Crippen LogP contribution in [-0.2, 0) is 26.4 Å². The van der Waals surface area contributed by atoms with Crippen molar-refractivity contribution in [3.8, 4) is 0 Å². The van der Waals surface area contributed by atoms with Crippen molar-refractivity contribution in [3.63, 3.8) is 0 Å². The summed E-state index contributed by atoms with van der Waals surface area (Å²) in [6.07, 6.45) is 2.54. The van der Waals surface area contributed by atoms with Crippen molar-refractivity contribution < 1.29 is 14.3 Å². The Labute approximate surface area is 146 Å². The highest BCUT2D eigenvalue weighted by molar-refractivity contribution is 5.94. The first-order chi connectivity index (χ1) is 12.1. The minimum absolute atomic E-state index is 0.0986. The molecule has 0 saturated carbocycles. The van der Waals surface area contributed by atoms with E-state index in [0.29, 0.717) is 18.8 Å². The Morgan fingerprint density at radius 1 is 1.40 bits per heavy atom. The molecule has 6 nitrogen and oxygen atoms in total. The van der Waals surface area contributed by atoms with Crippen LogP contribution in [0, 0.1) is 5.82 Å². The predicted molar refractivity (Wildman–Crippen MR) is 91.7 cm³/mol. The number of nitrogens with zero attached hydrogens (tertiary/aromatic N) is 2. The number of aliphatic hydroxyl groups is 1. The second-order valence-corrected chi connectivity index (χ2v) is 6.32. The van der Waals surface area contributed by atoms with Gasteiger partial charge in [-0.1, -0.05) is 12.1 Å².